The van der Waals surface area contributed by atoms with Crippen LogP contribution in [0.5, 0.6) is 5.75 Å². The van der Waals surface area contributed by atoms with Crippen LogP contribution in [0, 0.1) is 0 Å². The zero-order chi connectivity index (χ0) is 13.5. The second-order valence-electron chi connectivity index (χ2n) is 3.36. The molecular formula is C13H13ClO4. The molecule has 0 saturated carbocycles. The minimum atomic E-state index is -0.433. The molecule has 0 radical (unpaired) electrons. The standard InChI is InChI=1S/C13H13ClO4/c1-3-17-13(16)7-5-10-4-6-11(8-12(10)14)18-9(2)15/h4-8H,3H2,1-2H3/b7-5+. The molecule has 4 nitrogen and oxygen atoms in total. The predicted molar refractivity (Wildman–Crippen MR) is 68.4 cm³/mol. The number of hydrogen-bond acceptors (Lipinski definition) is 4. The molecule has 0 amide bonds. The van der Waals surface area contributed by atoms with E-state index < -0.39 is 11.9 Å². The van der Waals surface area contributed by atoms with E-state index in [0.29, 0.717) is 22.9 Å². The molecule has 1 rings (SSSR count). The molecule has 0 saturated heterocycles. The Morgan fingerprint density at radius 1 is 1.39 bits per heavy atom. The number of ether oxygens (including phenoxy) is 2. The van der Waals surface area contributed by atoms with E-state index in [9.17, 15) is 9.59 Å². The van der Waals surface area contributed by atoms with Crippen LogP contribution in [-0.4, -0.2) is 18.5 Å². The van der Waals surface area contributed by atoms with Gasteiger partial charge in [-0.15, -0.1) is 0 Å². The van der Waals surface area contributed by atoms with Gasteiger partial charge in [-0.05, 0) is 30.7 Å². The van der Waals surface area contributed by atoms with Gasteiger partial charge >= 0.3 is 11.9 Å². The molecule has 96 valence electrons. The molecule has 0 unspecified atom stereocenters. The van der Waals surface area contributed by atoms with Crippen LogP contribution in [0.15, 0.2) is 24.3 Å². The minimum absolute atomic E-state index is 0.322. The van der Waals surface area contributed by atoms with E-state index in [0.717, 1.165) is 0 Å². The van der Waals surface area contributed by atoms with Crippen molar-refractivity contribution in [2.24, 2.45) is 0 Å². The molecule has 5 heteroatoms. The van der Waals surface area contributed by atoms with Crippen LogP contribution in [0.25, 0.3) is 6.08 Å². The zero-order valence-corrected chi connectivity index (χ0v) is 10.9. The Balaban J connectivity index is 2.79. The summed E-state index contributed by atoms with van der Waals surface area (Å²) in [6, 6.07) is 4.75. The van der Waals surface area contributed by atoms with Crippen LogP contribution in [0.2, 0.25) is 5.02 Å². The van der Waals surface area contributed by atoms with E-state index in [1.165, 1.54) is 25.1 Å². The molecule has 0 aliphatic rings. The number of halogens is 1. The molecule has 1 aromatic rings. The lowest BCUT2D eigenvalue weighted by Crippen LogP contribution is -2.01. The Morgan fingerprint density at radius 3 is 2.67 bits per heavy atom. The predicted octanol–water partition coefficient (Wildman–Crippen LogP) is 2.84. The summed E-state index contributed by atoms with van der Waals surface area (Å²) in [7, 11) is 0. The number of rotatable bonds is 4. The lowest BCUT2D eigenvalue weighted by Gasteiger charge is -2.03. The van der Waals surface area contributed by atoms with Gasteiger partial charge in [0.25, 0.3) is 0 Å². The molecule has 0 aliphatic heterocycles. The third kappa shape index (κ3) is 4.59. The molecule has 0 bridgehead atoms. The fourth-order valence-electron chi connectivity index (χ4n) is 1.22. The summed E-state index contributed by atoms with van der Waals surface area (Å²) in [5.41, 5.74) is 0.639. The summed E-state index contributed by atoms with van der Waals surface area (Å²) in [6.07, 6.45) is 2.83. The normalized spacial score (nSPS) is 10.4. The van der Waals surface area contributed by atoms with Gasteiger partial charge in [0.2, 0.25) is 0 Å². The van der Waals surface area contributed by atoms with Crippen molar-refractivity contribution in [1.29, 1.82) is 0 Å². The van der Waals surface area contributed by atoms with Gasteiger partial charge in [-0.2, -0.15) is 0 Å². The highest BCUT2D eigenvalue weighted by molar-refractivity contribution is 6.32. The number of carbonyl (C=O) groups is 2. The highest BCUT2D eigenvalue weighted by Crippen LogP contribution is 2.23. The topological polar surface area (TPSA) is 52.6 Å². The number of carbonyl (C=O) groups excluding carboxylic acids is 2. The maximum atomic E-state index is 11.1. The zero-order valence-electron chi connectivity index (χ0n) is 10.1. The first-order chi connectivity index (χ1) is 8.52. The lowest BCUT2D eigenvalue weighted by molar-refractivity contribution is -0.137. The Kier molecular flexibility index (Phi) is 5.39. The van der Waals surface area contributed by atoms with Crippen LogP contribution >= 0.6 is 11.6 Å². The molecule has 0 heterocycles. The van der Waals surface area contributed by atoms with Crippen LogP contribution in [0.4, 0.5) is 0 Å². The average Bonchev–Trinajstić information content (AvgIpc) is 2.27. The molecule has 0 aromatic heterocycles. The van der Waals surface area contributed by atoms with Crippen molar-refractivity contribution >= 4 is 29.6 Å². The smallest absolute Gasteiger partial charge is 0.330 e. The Bertz CT molecular complexity index is 480. The maximum absolute atomic E-state index is 11.1. The summed E-state index contributed by atoms with van der Waals surface area (Å²) in [6.45, 7) is 3.36. The first kappa shape index (κ1) is 14.3. The van der Waals surface area contributed by atoms with Crippen molar-refractivity contribution in [2.75, 3.05) is 6.61 Å². The highest BCUT2D eigenvalue weighted by Gasteiger charge is 2.03. The van der Waals surface area contributed by atoms with Gasteiger partial charge in [-0.3, -0.25) is 4.79 Å². The summed E-state index contributed by atoms with van der Waals surface area (Å²) in [4.78, 5) is 21.9. The van der Waals surface area contributed by atoms with Gasteiger partial charge in [0.1, 0.15) is 5.75 Å². The van der Waals surface area contributed by atoms with Crippen molar-refractivity contribution in [3.8, 4) is 5.75 Å². The van der Waals surface area contributed by atoms with Crippen molar-refractivity contribution in [3.05, 3.63) is 34.9 Å². The van der Waals surface area contributed by atoms with Gasteiger partial charge in [0.15, 0.2) is 0 Å². The van der Waals surface area contributed by atoms with E-state index in [2.05, 4.69) is 0 Å². The second kappa shape index (κ2) is 6.81. The summed E-state index contributed by atoms with van der Waals surface area (Å²) < 4.78 is 9.62. The van der Waals surface area contributed by atoms with E-state index in [-0.39, 0.29) is 0 Å². The van der Waals surface area contributed by atoms with E-state index in [1.807, 2.05) is 0 Å². The van der Waals surface area contributed by atoms with Gasteiger partial charge in [0.05, 0.1) is 11.6 Å². The average molecular weight is 269 g/mol. The molecular weight excluding hydrogens is 256 g/mol. The van der Waals surface area contributed by atoms with Crippen molar-refractivity contribution in [3.63, 3.8) is 0 Å². The second-order valence-corrected chi connectivity index (χ2v) is 3.77. The molecule has 1 aromatic carbocycles. The largest absolute Gasteiger partial charge is 0.463 e. The third-order valence-corrected chi connectivity index (χ3v) is 2.25. The Morgan fingerprint density at radius 2 is 2.11 bits per heavy atom. The van der Waals surface area contributed by atoms with Crippen LogP contribution < -0.4 is 4.74 Å². The first-order valence-corrected chi connectivity index (χ1v) is 5.73. The van der Waals surface area contributed by atoms with Crippen molar-refractivity contribution in [2.45, 2.75) is 13.8 Å². The molecule has 18 heavy (non-hydrogen) atoms. The maximum Gasteiger partial charge on any atom is 0.330 e. The van der Waals surface area contributed by atoms with Crippen LogP contribution in [0.3, 0.4) is 0 Å². The third-order valence-electron chi connectivity index (χ3n) is 1.92. The minimum Gasteiger partial charge on any atom is -0.463 e. The van der Waals surface area contributed by atoms with Crippen LogP contribution in [-0.2, 0) is 14.3 Å². The Hall–Kier alpha value is -1.81. The number of esters is 2. The quantitative estimate of drug-likeness (QED) is 0.479. The lowest BCUT2D eigenvalue weighted by atomic mass is 10.2. The van der Waals surface area contributed by atoms with Crippen LogP contribution in [0.1, 0.15) is 19.4 Å². The number of hydrogen-bond donors (Lipinski definition) is 0. The van der Waals surface area contributed by atoms with E-state index in [1.54, 1.807) is 19.1 Å². The summed E-state index contributed by atoms with van der Waals surface area (Å²) in [5.74, 6) is -0.487. The summed E-state index contributed by atoms with van der Waals surface area (Å²) in [5, 5.41) is 0.384. The molecule has 0 spiro atoms. The first-order valence-electron chi connectivity index (χ1n) is 5.35. The van der Waals surface area contributed by atoms with E-state index in [4.69, 9.17) is 21.1 Å². The SMILES string of the molecule is CCOC(=O)/C=C/c1ccc(OC(C)=O)cc1Cl. The summed E-state index contributed by atoms with van der Waals surface area (Å²) >= 11 is 5.98. The number of benzene rings is 1. The molecule has 0 atom stereocenters. The van der Waals surface area contributed by atoms with E-state index >= 15 is 0 Å². The van der Waals surface area contributed by atoms with Crippen molar-refractivity contribution < 1.29 is 19.1 Å². The highest BCUT2D eigenvalue weighted by atomic mass is 35.5. The molecule has 0 aliphatic carbocycles. The van der Waals surface area contributed by atoms with Gasteiger partial charge in [-0.1, -0.05) is 11.6 Å². The molecule has 0 fully saturated rings. The molecule has 0 N–H and O–H groups in total. The fourth-order valence-corrected chi connectivity index (χ4v) is 1.45. The monoisotopic (exact) mass is 268 g/mol. The van der Waals surface area contributed by atoms with Crippen molar-refractivity contribution in [1.82, 2.24) is 0 Å². The van der Waals surface area contributed by atoms with Gasteiger partial charge in [-0.25, -0.2) is 4.79 Å². The van der Waals surface area contributed by atoms with Gasteiger partial charge < -0.3 is 9.47 Å². The fraction of sp³-hybridized carbons (Fsp3) is 0.231. The Labute approximate surface area is 110 Å². The van der Waals surface area contributed by atoms with Gasteiger partial charge in [0, 0.05) is 19.1 Å².